The third-order valence-corrected chi connectivity index (χ3v) is 5.99. The van der Waals surface area contributed by atoms with Gasteiger partial charge in [-0.3, -0.25) is 14.3 Å². The van der Waals surface area contributed by atoms with Gasteiger partial charge in [0.05, 0.1) is 29.9 Å². The van der Waals surface area contributed by atoms with Crippen LogP contribution >= 0.6 is 0 Å². The SMILES string of the molecule is [C-]#[N+]c1cccc(CN2CCc3c(c(=O)n(Cc4ccc(C(F)(F)F)cc4)c4ncnn34)C2)c1. The molecule has 1 aliphatic rings. The van der Waals surface area contributed by atoms with Crippen molar-refractivity contribution in [1.29, 1.82) is 0 Å². The first-order valence-electron chi connectivity index (χ1n) is 10.6. The molecule has 0 unspecified atom stereocenters. The first-order chi connectivity index (χ1) is 16.3. The second kappa shape index (κ2) is 8.43. The maximum atomic E-state index is 13.5. The number of halogens is 3. The van der Waals surface area contributed by atoms with Crippen molar-refractivity contribution in [3.05, 3.63) is 105 Å². The van der Waals surface area contributed by atoms with Crippen molar-refractivity contribution in [3.63, 3.8) is 0 Å². The van der Waals surface area contributed by atoms with Crippen LogP contribution in [0.3, 0.4) is 0 Å². The molecular formula is C24H19F3N6O. The van der Waals surface area contributed by atoms with Crippen LogP contribution in [0.25, 0.3) is 10.6 Å². The predicted molar refractivity (Wildman–Crippen MR) is 118 cm³/mol. The minimum atomic E-state index is -4.42. The maximum absolute atomic E-state index is 13.5. The lowest BCUT2D eigenvalue weighted by molar-refractivity contribution is -0.137. The molecule has 0 spiro atoms. The number of alkyl halides is 3. The quantitative estimate of drug-likeness (QED) is 0.428. The summed E-state index contributed by atoms with van der Waals surface area (Å²) in [5.74, 6) is 0.363. The Morgan fingerprint density at radius 1 is 1.06 bits per heavy atom. The molecule has 0 amide bonds. The van der Waals surface area contributed by atoms with Gasteiger partial charge in [0.15, 0.2) is 5.69 Å². The van der Waals surface area contributed by atoms with Gasteiger partial charge in [-0.15, -0.1) is 0 Å². The van der Waals surface area contributed by atoms with E-state index >= 15 is 0 Å². The van der Waals surface area contributed by atoms with E-state index in [1.165, 1.54) is 23.0 Å². The van der Waals surface area contributed by atoms with E-state index in [1.54, 1.807) is 10.6 Å². The molecule has 0 saturated carbocycles. The Morgan fingerprint density at radius 3 is 2.59 bits per heavy atom. The Labute approximate surface area is 192 Å². The molecule has 4 aromatic rings. The molecule has 0 atom stereocenters. The Kier molecular flexibility index (Phi) is 5.42. The van der Waals surface area contributed by atoms with Crippen molar-refractivity contribution in [3.8, 4) is 0 Å². The summed E-state index contributed by atoms with van der Waals surface area (Å²) in [5, 5.41) is 4.30. The second-order valence-corrected chi connectivity index (χ2v) is 8.23. The van der Waals surface area contributed by atoms with E-state index < -0.39 is 11.7 Å². The van der Waals surface area contributed by atoms with Crippen LogP contribution in [0.2, 0.25) is 0 Å². The molecular weight excluding hydrogens is 445 g/mol. The number of hydrogen-bond donors (Lipinski definition) is 0. The Morgan fingerprint density at radius 2 is 1.85 bits per heavy atom. The van der Waals surface area contributed by atoms with Crippen LogP contribution in [0.5, 0.6) is 0 Å². The van der Waals surface area contributed by atoms with E-state index in [1.807, 2.05) is 18.2 Å². The number of benzene rings is 2. The number of rotatable bonds is 4. The average molecular weight is 464 g/mol. The van der Waals surface area contributed by atoms with Crippen LogP contribution in [-0.4, -0.2) is 30.6 Å². The number of nitrogens with zero attached hydrogens (tertiary/aromatic N) is 6. The zero-order valence-corrected chi connectivity index (χ0v) is 18.0. The van der Waals surface area contributed by atoms with E-state index in [0.717, 1.165) is 23.4 Å². The third kappa shape index (κ3) is 4.06. The lowest BCUT2D eigenvalue weighted by Gasteiger charge is -2.29. The summed E-state index contributed by atoms with van der Waals surface area (Å²) in [6.45, 7) is 8.99. The van der Waals surface area contributed by atoms with Gasteiger partial charge in [-0.1, -0.05) is 36.4 Å². The van der Waals surface area contributed by atoms with Crippen molar-refractivity contribution < 1.29 is 13.2 Å². The summed E-state index contributed by atoms with van der Waals surface area (Å²) in [7, 11) is 0. The van der Waals surface area contributed by atoms with Crippen molar-refractivity contribution in [2.45, 2.75) is 32.2 Å². The minimum absolute atomic E-state index is 0.0828. The molecule has 1 aliphatic heterocycles. The molecule has 7 nitrogen and oxygen atoms in total. The van der Waals surface area contributed by atoms with Crippen LogP contribution in [-0.2, 0) is 32.2 Å². The highest BCUT2D eigenvalue weighted by Crippen LogP contribution is 2.29. The van der Waals surface area contributed by atoms with Crippen molar-refractivity contribution in [1.82, 2.24) is 24.1 Å². The van der Waals surface area contributed by atoms with E-state index in [4.69, 9.17) is 6.57 Å². The van der Waals surface area contributed by atoms with Crippen LogP contribution in [0, 0.1) is 6.57 Å². The van der Waals surface area contributed by atoms with Gasteiger partial charge in [-0.2, -0.15) is 23.3 Å². The molecule has 0 radical (unpaired) electrons. The first-order valence-corrected chi connectivity index (χ1v) is 10.6. The normalized spacial score (nSPS) is 14.2. The lowest BCUT2D eigenvalue weighted by Crippen LogP contribution is -2.39. The number of aromatic nitrogens is 4. The monoisotopic (exact) mass is 464 g/mol. The molecule has 2 aromatic carbocycles. The van der Waals surface area contributed by atoms with E-state index in [-0.39, 0.29) is 12.1 Å². The fourth-order valence-corrected chi connectivity index (χ4v) is 4.34. The molecule has 0 aliphatic carbocycles. The smallest absolute Gasteiger partial charge is 0.294 e. The summed E-state index contributed by atoms with van der Waals surface area (Å²) in [5.41, 5.74) is 2.55. The highest BCUT2D eigenvalue weighted by Gasteiger charge is 2.30. The number of hydrogen-bond acceptors (Lipinski definition) is 4. The summed E-state index contributed by atoms with van der Waals surface area (Å²) in [4.78, 5) is 23.3. The molecule has 172 valence electrons. The number of fused-ring (bicyclic) bond motifs is 3. The molecule has 34 heavy (non-hydrogen) atoms. The predicted octanol–water partition coefficient (Wildman–Crippen LogP) is 4.07. The topological polar surface area (TPSA) is 59.8 Å². The fourth-order valence-electron chi connectivity index (χ4n) is 4.34. The van der Waals surface area contributed by atoms with Gasteiger partial charge in [0.25, 0.3) is 5.56 Å². The van der Waals surface area contributed by atoms with Crippen molar-refractivity contribution in [2.75, 3.05) is 6.54 Å². The largest absolute Gasteiger partial charge is 0.416 e. The van der Waals surface area contributed by atoms with E-state index in [0.29, 0.717) is 48.6 Å². The molecule has 2 aromatic heterocycles. The standard InChI is InChI=1S/C24H19F3N6O/c1-28-19-4-2-3-17(11-19)12-31-10-9-21-20(14-31)22(34)32(23-29-15-30-33(21)23)13-16-5-7-18(8-6-16)24(25,26)27/h2-8,11,15H,9-10,12-14H2. The van der Waals surface area contributed by atoms with Crippen LogP contribution in [0.15, 0.2) is 59.7 Å². The molecule has 3 heterocycles. The van der Waals surface area contributed by atoms with Gasteiger partial charge in [-0.05, 0) is 23.3 Å². The minimum Gasteiger partial charge on any atom is -0.294 e. The molecule has 0 N–H and O–H groups in total. The highest BCUT2D eigenvalue weighted by atomic mass is 19.4. The van der Waals surface area contributed by atoms with Gasteiger partial charge >= 0.3 is 6.18 Å². The molecule has 0 saturated heterocycles. The average Bonchev–Trinajstić information content (AvgIpc) is 3.31. The lowest BCUT2D eigenvalue weighted by atomic mass is 10.1. The molecule has 10 heteroatoms. The maximum Gasteiger partial charge on any atom is 0.416 e. The Balaban J connectivity index is 1.47. The molecule has 0 bridgehead atoms. The van der Waals surface area contributed by atoms with Gasteiger partial charge in [0, 0.05) is 26.1 Å². The zero-order chi connectivity index (χ0) is 23.9. The molecule has 5 rings (SSSR count). The van der Waals surface area contributed by atoms with E-state index in [2.05, 4.69) is 19.8 Å². The van der Waals surface area contributed by atoms with Crippen LogP contribution < -0.4 is 5.56 Å². The van der Waals surface area contributed by atoms with Crippen LogP contribution in [0.4, 0.5) is 18.9 Å². The Hall–Kier alpha value is -3.97. The van der Waals surface area contributed by atoms with Gasteiger partial charge in [0.2, 0.25) is 5.78 Å². The summed E-state index contributed by atoms with van der Waals surface area (Å²) in [6, 6.07) is 12.2. The van der Waals surface area contributed by atoms with E-state index in [9.17, 15) is 18.0 Å². The summed E-state index contributed by atoms with van der Waals surface area (Å²) < 4.78 is 41.8. The summed E-state index contributed by atoms with van der Waals surface area (Å²) >= 11 is 0. The molecule has 0 fully saturated rings. The highest BCUT2D eigenvalue weighted by molar-refractivity contribution is 5.46. The van der Waals surface area contributed by atoms with Crippen molar-refractivity contribution >= 4 is 11.5 Å². The van der Waals surface area contributed by atoms with Gasteiger partial charge < -0.3 is 0 Å². The van der Waals surface area contributed by atoms with Gasteiger partial charge in [-0.25, -0.2) is 9.36 Å². The Bertz CT molecular complexity index is 1460. The zero-order valence-electron chi connectivity index (χ0n) is 18.0. The van der Waals surface area contributed by atoms with Crippen molar-refractivity contribution in [2.24, 2.45) is 0 Å². The first kappa shape index (κ1) is 21.9. The van der Waals surface area contributed by atoms with Gasteiger partial charge in [0.1, 0.15) is 6.33 Å². The third-order valence-electron chi connectivity index (χ3n) is 5.99. The second-order valence-electron chi connectivity index (χ2n) is 8.23. The fraction of sp³-hybridized carbons (Fsp3) is 0.250. The van der Waals surface area contributed by atoms with Crippen LogP contribution in [0.1, 0.15) is 27.9 Å². The summed E-state index contributed by atoms with van der Waals surface area (Å²) in [6.07, 6.45) is -2.44.